The van der Waals surface area contributed by atoms with E-state index in [0.29, 0.717) is 11.0 Å². The maximum atomic E-state index is 12.1. The number of hydrogen-bond acceptors (Lipinski definition) is 4. The number of carboxylic acid groups (broad SMARTS) is 1. The van der Waals surface area contributed by atoms with E-state index < -0.39 is 11.4 Å². The largest absolute Gasteiger partial charge is 0.481 e. The van der Waals surface area contributed by atoms with Gasteiger partial charge in [0.05, 0.1) is 11.6 Å². The van der Waals surface area contributed by atoms with Gasteiger partial charge in [-0.1, -0.05) is 0 Å². The fourth-order valence-corrected chi connectivity index (χ4v) is 1.67. The van der Waals surface area contributed by atoms with E-state index in [1.807, 2.05) is 0 Å². The predicted octanol–water partition coefficient (Wildman–Crippen LogP) is 0.241. The van der Waals surface area contributed by atoms with Crippen molar-refractivity contribution < 1.29 is 9.90 Å². The molecular formula is C11H14N4O3. The highest BCUT2D eigenvalue weighted by atomic mass is 16.4. The lowest BCUT2D eigenvalue weighted by molar-refractivity contribution is -0.147. The van der Waals surface area contributed by atoms with Crippen molar-refractivity contribution in [3.05, 3.63) is 22.9 Å². The highest BCUT2D eigenvalue weighted by Gasteiger charge is 2.28. The third-order valence-electron chi connectivity index (χ3n) is 2.86. The summed E-state index contributed by atoms with van der Waals surface area (Å²) in [4.78, 5) is 27.3. The van der Waals surface area contributed by atoms with Crippen molar-refractivity contribution in [1.82, 2.24) is 19.3 Å². The maximum Gasteiger partial charge on any atom is 0.310 e. The second-order valence-electron chi connectivity index (χ2n) is 4.87. The van der Waals surface area contributed by atoms with Crippen molar-refractivity contribution in [1.29, 1.82) is 0 Å². The van der Waals surface area contributed by atoms with E-state index in [4.69, 9.17) is 5.11 Å². The molecule has 18 heavy (non-hydrogen) atoms. The number of carbonyl (C=O) groups is 1. The van der Waals surface area contributed by atoms with E-state index >= 15 is 0 Å². The zero-order valence-electron chi connectivity index (χ0n) is 10.4. The molecule has 0 amide bonds. The van der Waals surface area contributed by atoms with Crippen LogP contribution in [0.3, 0.4) is 0 Å². The standard InChI is InChI=1S/C11H14N4O3/c1-11(2,10(17)18)5-15-6-12-8-7(9(15)16)4-13-14(8)3/h4,6H,5H2,1-3H3,(H,17,18). The van der Waals surface area contributed by atoms with Gasteiger partial charge in [0.1, 0.15) is 11.7 Å². The maximum absolute atomic E-state index is 12.1. The summed E-state index contributed by atoms with van der Waals surface area (Å²) >= 11 is 0. The van der Waals surface area contributed by atoms with E-state index in [1.54, 1.807) is 20.9 Å². The Balaban J connectivity index is 2.51. The minimum absolute atomic E-state index is 0.0685. The number of aryl methyl sites for hydroxylation is 1. The van der Waals surface area contributed by atoms with Crippen molar-refractivity contribution in [3.63, 3.8) is 0 Å². The molecule has 96 valence electrons. The van der Waals surface area contributed by atoms with E-state index in [1.165, 1.54) is 21.8 Å². The van der Waals surface area contributed by atoms with Gasteiger partial charge in [0, 0.05) is 13.6 Å². The van der Waals surface area contributed by atoms with Crippen LogP contribution in [-0.2, 0) is 18.4 Å². The smallest absolute Gasteiger partial charge is 0.310 e. The van der Waals surface area contributed by atoms with Gasteiger partial charge < -0.3 is 5.11 Å². The molecule has 0 radical (unpaired) electrons. The van der Waals surface area contributed by atoms with E-state index in [-0.39, 0.29) is 12.1 Å². The second-order valence-corrected chi connectivity index (χ2v) is 4.87. The average Bonchev–Trinajstić information content (AvgIpc) is 2.65. The van der Waals surface area contributed by atoms with Crippen molar-refractivity contribution in [2.75, 3.05) is 0 Å². The van der Waals surface area contributed by atoms with E-state index in [9.17, 15) is 9.59 Å². The molecule has 0 aliphatic heterocycles. The van der Waals surface area contributed by atoms with Crippen LogP contribution < -0.4 is 5.56 Å². The van der Waals surface area contributed by atoms with Crippen molar-refractivity contribution in [3.8, 4) is 0 Å². The number of hydrogen-bond donors (Lipinski definition) is 1. The minimum atomic E-state index is -1.03. The molecule has 0 saturated heterocycles. The van der Waals surface area contributed by atoms with Crippen LogP contribution in [0.15, 0.2) is 17.3 Å². The van der Waals surface area contributed by atoms with Crippen LogP contribution in [0.1, 0.15) is 13.8 Å². The van der Waals surface area contributed by atoms with Crippen LogP contribution in [0.2, 0.25) is 0 Å². The Labute approximate surface area is 103 Å². The number of fused-ring (bicyclic) bond motifs is 1. The van der Waals surface area contributed by atoms with Crippen molar-refractivity contribution in [2.24, 2.45) is 12.5 Å². The first kappa shape index (κ1) is 12.3. The van der Waals surface area contributed by atoms with Crippen LogP contribution in [0, 0.1) is 5.41 Å². The molecule has 2 aromatic rings. The summed E-state index contributed by atoms with van der Waals surface area (Å²) in [7, 11) is 1.69. The molecule has 0 bridgehead atoms. The highest BCUT2D eigenvalue weighted by Crippen LogP contribution is 2.17. The Morgan fingerprint density at radius 1 is 1.50 bits per heavy atom. The molecule has 2 rings (SSSR count). The van der Waals surface area contributed by atoms with Crippen LogP contribution in [-0.4, -0.2) is 30.4 Å². The lowest BCUT2D eigenvalue weighted by Gasteiger charge is -2.19. The number of carboxylic acids is 1. The molecule has 7 heteroatoms. The Hall–Kier alpha value is -2.18. The molecule has 0 atom stereocenters. The summed E-state index contributed by atoms with van der Waals surface area (Å²) in [5.41, 5.74) is -0.812. The number of aliphatic carboxylic acids is 1. The first-order chi connectivity index (χ1) is 8.33. The molecule has 0 saturated carbocycles. The molecule has 2 aromatic heterocycles. The summed E-state index contributed by atoms with van der Waals surface area (Å²) in [6.45, 7) is 3.20. The lowest BCUT2D eigenvalue weighted by atomic mass is 9.94. The van der Waals surface area contributed by atoms with Crippen molar-refractivity contribution in [2.45, 2.75) is 20.4 Å². The van der Waals surface area contributed by atoms with Gasteiger partial charge in [0.25, 0.3) is 5.56 Å². The number of nitrogens with zero attached hydrogens (tertiary/aromatic N) is 4. The van der Waals surface area contributed by atoms with Gasteiger partial charge in [0.2, 0.25) is 0 Å². The summed E-state index contributed by atoms with van der Waals surface area (Å²) < 4.78 is 2.81. The van der Waals surface area contributed by atoms with Gasteiger partial charge in [-0.2, -0.15) is 5.10 Å². The molecule has 0 fully saturated rings. The average molecular weight is 250 g/mol. The van der Waals surface area contributed by atoms with Gasteiger partial charge >= 0.3 is 5.97 Å². The van der Waals surface area contributed by atoms with E-state index in [0.717, 1.165) is 0 Å². The van der Waals surface area contributed by atoms with Crippen molar-refractivity contribution >= 4 is 17.0 Å². The Morgan fingerprint density at radius 2 is 2.17 bits per heavy atom. The first-order valence-electron chi connectivity index (χ1n) is 5.43. The van der Waals surface area contributed by atoms with Gasteiger partial charge in [-0.3, -0.25) is 18.8 Å². The fourth-order valence-electron chi connectivity index (χ4n) is 1.67. The third-order valence-corrected chi connectivity index (χ3v) is 2.86. The molecule has 2 heterocycles. The highest BCUT2D eigenvalue weighted by molar-refractivity contribution is 5.74. The number of rotatable bonds is 3. The summed E-state index contributed by atoms with van der Waals surface area (Å²) in [6.07, 6.45) is 2.80. The second kappa shape index (κ2) is 3.94. The minimum Gasteiger partial charge on any atom is -0.481 e. The SMILES string of the molecule is Cn1ncc2c(=O)n(CC(C)(C)C(=O)O)cnc21. The fraction of sp³-hybridized carbons (Fsp3) is 0.455. The molecule has 0 aliphatic rings. The van der Waals surface area contributed by atoms with Crippen LogP contribution in [0.25, 0.3) is 11.0 Å². The van der Waals surface area contributed by atoms with Gasteiger partial charge in [0.15, 0.2) is 5.65 Å². The Bertz CT molecular complexity index is 668. The zero-order chi connectivity index (χ0) is 13.5. The van der Waals surface area contributed by atoms with Gasteiger partial charge in [-0.05, 0) is 13.8 Å². The van der Waals surface area contributed by atoms with Gasteiger partial charge in [-0.25, -0.2) is 4.98 Å². The molecule has 1 N–H and O–H groups in total. The first-order valence-corrected chi connectivity index (χ1v) is 5.43. The Kier molecular flexibility index (Phi) is 2.68. The van der Waals surface area contributed by atoms with Crippen LogP contribution in [0.4, 0.5) is 0 Å². The molecule has 7 nitrogen and oxygen atoms in total. The zero-order valence-corrected chi connectivity index (χ0v) is 10.4. The topological polar surface area (TPSA) is 90.0 Å². The van der Waals surface area contributed by atoms with Crippen LogP contribution in [0.5, 0.6) is 0 Å². The normalized spacial score (nSPS) is 11.9. The molecule has 0 aromatic carbocycles. The van der Waals surface area contributed by atoms with Gasteiger partial charge in [-0.15, -0.1) is 0 Å². The lowest BCUT2D eigenvalue weighted by Crippen LogP contribution is -2.34. The predicted molar refractivity (Wildman–Crippen MR) is 64.2 cm³/mol. The summed E-state index contributed by atoms with van der Waals surface area (Å²) in [6, 6.07) is 0. The summed E-state index contributed by atoms with van der Waals surface area (Å²) in [5, 5.41) is 13.4. The number of aromatic nitrogens is 4. The van der Waals surface area contributed by atoms with Crippen LogP contribution >= 0.6 is 0 Å². The monoisotopic (exact) mass is 250 g/mol. The Morgan fingerprint density at radius 3 is 2.78 bits per heavy atom. The molecule has 0 spiro atoms. The third kappa shape index (κ3) is 1.87. The molecule has 0 unspecified atom stereocenters. The molecular weight excluding hydrogens is 236 g/mol. The van der Waals surface area contributed by atoms with E-state index in [2.05, 4.69) is 10.1 Å². The summed E-state index contributed by atoms with van der Waals surface area (Å²) in [5.74, 6) is -0.958. The molecule has 0 aliphatic carbocycles. The quantitative estimate of drug-likeness (QED) is 0.842.